The Bertz CT molecular complexity index is 1170. The fraction of sp³-hybridized carbons (Fsp3) is 0.481. The van der Waals surface area contributed by atoms with Gasteiger partial charge in [0.05, 0.1) is 5.56 Å². The zero-order valence-electron chi connectivity index (χ0n) is 21.5. The van der Waals surface area contributed by atoms with Crippen LogP contribution in [0, 0.1) is 4.77 Å². The Hall–Kier alpha value is -2.72. The van der Waals surface area contributed by atoms with E-state index in [-0.39, 0.29) is 25.5 Å². The summed E-state index contributed by atoms with van der Waals surface area (Å²) in [6.07, 6.45) is 1.99. The highest BCUT2D eigenvalue weighted by atomic mass is 32.1. The first kappa shape index (κ1) is 26.3. The highest BCUT2D eigenvalue weighted by Crippen LogP contribution is 2.40. The van der Waals surface area contributed by atoms with E-state index >= 15 is 0 Å². The van der Waals surface area contributed by atoms with Gasteiger partial charge in [0.2, 0.25) is 0 Å². The molecule has 0 amide bonds. The number of piperidine rings is 1. The summed E-state index contributed by atoms with van der Waals surface area (Å²) in [6, 6.07) is 14.9. The van der Waals surface area contributed by atoms with Gasteiger partial charge in [-0.3, -0.25) is 14.6 Å². The predicted molar refractivity (Wildman–Crippen MR) is 142 cm³/mol. The first-order valence-electron chi connectivity index (χ1n) is 12.4. The molecule has 3 aromatic rings. The van der Waals surface area contributed by atoms with Crippen molar-refractivity contribution in [3.63, 3.8) is 0 Å². The number of likely N-dealkylation sites (tertiary alicyclic amines) is 1. The van der Waals surface area contributed by atoms with E-state index in [1.807, 2.05) is 6.07 Å². The molecule has 0 bridgehead atoms. The third-order valence-corrected chi connectivity index (χ3v) is 6.80. The topological polar surface area (TPSA) is 73.8 Å². The number of hydrogen-bond acceptors (Lipinski definition) is 7. The summed E-state index contributed by atoms with van der Waals surface area (Å²) in [7, 11) is 3.21. The van der Waals surface area contributed by atoms with Gasteiger partial charge in [0.1, 0.15) is 11.5 Å². The van der Waals surface area contributed by atoms with Gasteiger partial charge in [-0.25, -0.2) is 0 Å². The first-order valence-corrected chi connectivity index (χ1v) is 12.8. The van der Waals surface area contributed by atoms with Gasteiger partial charge in [-0.1, -0.05) is 44.2 Å². The largest absolute Gasteiger partial charge is 0.467 e. The number of ether oxygens (including phenoxy) is 4. The Morgan fingerprint density at radius 1 is 1.00 bits per heavy atom. The van der Waals surface area contributed by atoms with Gasteiger partial charge in [0.15, 0.2) is 24.2 Å². The number of hydrogen-bond donors (Lipinski definition) is 1. The number of nitrogens with zero attached hydrogens (tertiary/aromatic N) is 3. The van der Waals surface area contributed by atoms with Crippen molar-refractivity contribution in [3.8, 4) is 22.9 Å². The van der Waals surface area contributed by atoms with Gasteiger partial charge in [0, 0.05) is 46.0 Å². The molecule has 194 valence electrons. The molecule has 1 N–H and O–H groups in total. The van der Waals surface area contributed by atoms with E-state index < -0.39 is 0 Å². The van der Waals surface area contributed by atoms with Crippen molar-refractivity contribution in [1.82, 2.24) is 19.7 Å². The minimum atomic E-state index is 0.112. The van der Waals surface area contributed by atoms with Crippen LogP contribution < -0.4 is 9.47 Å². The van der Waals surface area contributed by atoms with E-state index in [1.165, 1.54) is 5.56 Å². The van der Waals surface area contributed by atoms with Gasteiger partial charge in [-0.05, 0) is 48.2 Å². The van der Waals surface area contributed by atoms with Crippen LogP contribution in [0.2, 0.25) is 0 Å². The van der Waals surface area contributed by atoms with Crippen LogP contribution in [-0.2, 0) is 16.0 Å². The Balaban J connectivity index is 1.63. The maximum atomic E-state index is 5.98. The van der Waals surface area contributed by atoms with Crippen LogP contribution >= 0.6 is 12.2 Å². The van der Waals surface area contributed by atoms with Crippen molar-refractivity contribution < 1.29 is 18.9 Å². The monoisotopic (exact) mass is 512 g/mol. The molecule has 2 heterocycles. The maximum absolute atomic E-state index is 5.98. The van der Waals surface area contributed by atoms with Gasteiger partial charge >= 0.3 is 0 Å². The van der Waals surface area contributed by atoms with Crippen molar-refractivity contribution in [2.75, 3.05) is 40.9 Å². The molecular weight excluding hydrogens is 476 g/mol. The number of aromatic nitrogens is 3. The molecule has 0 saturated carbocycles. The van der Waals surface area contributed by atoms with Crippen LogP contribution in [0.4, 0.5) is 0 Å². The summed E-state index contributed by atoms with van der Waals surface area (Å²) in [5, 5.41) is 7.68. The summed E-state index contributed by atoms with van der Waals surface area (Å²) in [6.45, 7) is 7.50. The van der Waals surface area contributed by atoms with Crippen LogP contribution in [0.15, 0.2) is 42.5 Å². The molecule has 1 fully saturated rings. The summed E-state index contributed by atoms with van der Waals surface area (Å²) < 4.78 is 25.0. The first-order chi connectivity index (χ1) is 17.5. The SMILES string of the molecule is COCOc1cc(OCOC)c(C(C)C)cc1-c1n[nH]c(=S)n1C1CCN(Cc2ccccc2)CC1. The minimum absolute atomic E-state index is 0.112. The van der Waals surface area contributed by atoms with Gasteiger partial charge in [-0.2, -0.15) is 5.10 Å². The summed E-state index contributed by atoms with van der Waals surface area (Å²) in [5.74, 6) is 2.34. The molecule has 2 aromatic carbocycles. The molecule has 4 rings (SSSR count). The Kier molecular flexibility index (Phi) is 9.14. The number of H-pyrrole nitrogens is 1. The molecule has 1 saturated heterocycles. The van der Waals surface area contributed by atoms with Gasteiger partial charge in [0.25, 0.3) is 0 Å². The van der Waals surface area contributed by atoms with Crippen LogP contribution in [0.3, 0.4) is 0 Å². The van der Waals surface area contributed by atoms with Crippen LogP contribution in [-0.4, -0.2) is 60.6 Å². The minimum Gasteiger partial charge on any atom is -0.467 e. The van der Waals surface area contributed by atoms with E-state index in [2.05, 4.69) is 69.9 Å². The van der Waals surface area contributed by atoms with Crippen molar-refractivity contribution in [1.29, 1.82) is 0 Å². The quantitative estimate of drug-likeness (QED) is 0.267. The molecule has 1 aromatic heterocycles. The molecule has 8 nitrogen and oxygen atoms in total. The number of benzene rings is 2. The van der Waals surface area contributed by atoms with Crippen molar-refractivity contribution in [2.24, 2.45) is 0 Å². The lowest BCUT2D eigenvalue weighted by molar-refractivity contribution is 0.0457. The molecule has 0 unspecified atom stereocenters. The smallest absolute Gasteiger partial charge is 0.195 e. The predicted octanol–water partition coefficient (Wildman–Crippen LogP) is 5.53. The number of nitrogens with one attached hydrogen (secondary N) is 1. The van der Waals surface area contributed by atoms with Gasteiger partial charge in [-0.15, -0.1) is 0 Å². The molecule has 1 aliphatic rings. The molecule has 0 aliphatic carbocycles. The summed E-state index contributed by atoms with van der Waals surface area (Å²) in [4.78, 5) is 2.50. The molecule has 9 heteroatoms. The highest BCUT2D eigenvalue weighted by molar-refractivity contribution is 7.71. The van der Waals surface area contributed by atoms with Gasteiger partial charge < -0.3 is 18.9 Å². The lowest BCUT2D eigenvalue weighted by atomic mass is 9.97. The summed E-state index contributed by atoms with van der Waals surface area (Å²) >= 11 is 5.71. The van der Waals surface area contributed by atoms with Crippen molar-refractivity contribution in [3.05, 3.63) is 58.4 Å². The second kappa shape index (κ2) is 12.5. The number of methoxy groups -OCH3 is 2. The normalized spacial score (nSPS) is 14.9. The van der Waals surface area contributed by atoms with Crippen LogP contribution in [0.1, 0.15) is 49.8 Å². The van der Waals surface area contributed by atoms with Crippen LogP contribution in [0.25, 0.3) is 11.4 Å². The third-order valence-electron chi connectivity index (χ3n) is 6.52. The standard InChI is InChI=1S/C27H36N4O4S/c1-19(2)22-14-23(25(35-18-33-4)15-24(22)34-17-32-3)26-28-29-27(36)31(26)21-10-12-30(13-11-21)16-20-8-6-5-7-9-20/h5-9,14-15,19,21H,10-13,16-18H2,1-4H3,(H,29,36). The second-order valence-corrected chi connectivity index (χ2v) is 9.74. The Morgan fingerprint density at radius 3 is 2.31 bits per heavy atom. The van der Waals surface area contributed by atoms with Crippen molar-refractivity contribution in [2.45, 2.75) is 45.2 Å². The molecule has 0 atom stereocenters. The fourth-order valence-corrected chi connectivity index (χ4v) is 4.98. The lowest BCUT2D eigenvalue weighted by Crippen LogP contribution is -2.34. The molecule has 0 radical (unpaired) electrons. The van der Waals surface area contributed by atoms with E-state index in [4.69, 9.17) is 31.2 Å². The summed E-state index contributed by atoms with van der Waals surface area (Å²) in [5.41, 5.74) is 3.25. The zero-order chi connectivity index (χ0) is 25.5. The third kappa shape index (κ3) is 6.15. The Morgan fingerprint density at radius 2 is 1.67 bits per heavy atom. The van der Waals surface area contributed by atoms with E-state index in [0.29, 0.717) is 10.5 Å². The number of rotatable bonds is 11. The maximum Gasteiger partial charge on any atom is 0.195 e. The van der Waals surface area contributed by atoms with E-state index in [9.17, 15) is 0 Å². The molecular formula is C27H36N4O4S. The van der Waals surface area contributed by atoms with E-state index in [0.717, 1.165) is 55.2 Å². The average Bonchev–Trinajstić information content (AvgIpc) is 3.27. The molecule has 36 heavy (non-hydrogen) atoms. The Labute approximate surface area is 218 Å². The second-order valence-electron chi connectivity index (χ2n) is 9.36. The molecule has 1 aliphatic heterocycles. The lowest BCUT2D eigenvalue weighted by Gasteiger charge is -2.33. The fourth-order valence-electron chi connectivity index (χ4n) is 4.70. The van der Waals surface area contributed by atoms with E-state index in [1.54, 1.807) is 14.2 Å². The molecule has 0 spiro atoms. The zero-order valence-corrected chi connectivity index (χ0v) is 22.3. The van der Waals surface area contributed by atoms with Crippen LogP contribution in [0.5, 0.6) is 11.5 Å². The number of aromatic amines is 1. The van der Waals surface area contributed by atoms with Crippen molar-refractivity contribution >= 4 is 12.2 Å². The highest BCUT2D eigenvalue weighted by Gasteiger charge is 2.26. The average molecular weight is 513 g/mol.